The third-order valence-corrected chi connectivity index (χ3v) is 6.83. The van der Waals surface area contributed by atoms with Crippen LogP contribution in [0.5, 0.6) is 0 Å². The molecule has 7 heteroatoms. The van der Waals surface area contributed by atoms with Crippen molar-refractivity contribution in [2.45, 2.75) is 62.8 Å². The highest BCUT2D eigenvalue weighted by Crippen LogP contribution is 2.28. The minimum absolute atomic E-state index is 0.0436. The summed E-state index contributed by atoms with van der Waals surface area (Å²) in [7, 11) is -2.09. The fourth-order valence-corrected chi connectivity index (χ4v) is 4.92. The second-order valence-electron chi connectivity index (χ2n) is 8.04. The minimum Gasteiger partial charge on any atom is -0.385 e. The molecule has 1 aliphatic rings. The zero-order chi connectivity index (χ0) is 20.1. The Bertz CT molecular complexity index is 723. The lowest BCUT2D eigenvalue weighted by Gasteiger charge is -2.33. The summed E-state index contributed by atoms with van der Waals surface area (Å²) in [6, 6.07) is 6.37. The Morgan fingerprint density at radius 3 is 2.48 bits per heavy atom. The number of nitrogens with one attached hydrogen (secondary N) is 1. The van der Waals surface area contributed by atoms with Gasteiger partial charge in [0.25, 0.3) is 0 Å². The van der Waals surface area contributed by atoms with E-state index in [4.69, 9.17) is 4.74 Å². The van der Waals surface area contributed by atoms with Gasteiger partial charge in [0.2, 0.25) is 15.9 Å². The molecule has 0 aromatic heterocycles. The van der Waals surface area contributed by atoms with Crippen molar-refractivity contribution in [2.75, 3.05) is 26.8 Å². The number of nitrogens with zero attached hydrogens (tertiary/aromatic N) is 1. The minimum atomic E-state index is -3.71. The predicted octanol–water partition coefficient (Wildman–Crippen LogP) is 2.68. The normalized spacial score (nSPS) is 19.0. The quantitative estimate of drug-likeness (QED) is 0.719. The zero-order valence-corrected chi connectivity index (χ0v) is 17.6. The van der Waals surface area contributed by atoms with Crippen molar-refractivity contribution < 1.29 is 17.9 Å². The molecular formula is C20H32N2O4S. The van der Waals surface area contributed by atoms with Gasteiger partial charge in [0.1, 0.15) is 6.04 Å². The van der Waals surface area contributed by atoms with Crippen LogP contribution in [0.2, 0.25) is 0 Å². The molecule has 0 saturated carbocycles. The van der Waals surface area contributed by atoms with E-state index in [1.807, 2.05) is 12.1 Å². The highest BCUT2D eigenvalue weighted by atomic mass is 32.2. The van der Waals surface area contributed by atoms with Gasteiger partial charge in [-0.15, -0.1) is 0 Å². The molecule has 2 rings (SSSR count). The van der Waals surface area contributed by atoms with Crippen molar-refractivity contribution in [3.63, 3.8) is 0 Å². The number of hydrogen-bond acceptors (Lipinski definition) is 4. The van der Waals surface area contributed by atoms with E-state index in [2.05, 4.69) is 26.1 Å². The lowest BCUT2D eigenvalue weighted by Crippen LogP contribution is -2.52. The molecule has 1 unspecified atom stereocenters. The highest BCUT2D eigenvalue weighted by Gasteiger charge is 2.37. The molecule has 1 atom stereocenters. The van der Waals surface area contributed by atoms with Crippen molar-refractivity contribution in [1.29, 1.82) is 0 Å². The Hall–Kier alpha value is -1.44. The molecule has 1 aliphatic heterocycles. The highest BCUT2D eigenvalue weighted by molar-refractivity contribution is 7.89. The molecule has 1 amide bonds. The number of hydrogen-bond donors (Lipinski definition) is 1. The van der Waals surface area contributed by atoms with Gasteiger partial charge >= 0.3 is 0 Å². The van der Waals surface area contributed by atoms with E-state index in [1.165, 1.54) is 4.31 Å². The van der Waals surface area contributed by atoms with Crippen molar-refractivity contribution in [2.24, 2.45) is 0 Å². The van der Waals surface area contributed by atoms with Gasteiger partial charge in [0, 0.05) is 26.8 Å². The number of carbonyl (C=O) groups is 1. The van der Waals surface area contributed by atoms with Crippen molar-refractivity contribution in [1.82, 2.24) is 9.62 Å². The van der Waals surface area contributed by atoms with Crippen molar-refractivity contribution in [3.8, 4) is 0 Å². The van der Waals surface area contributed by atoms with Gasteiger partial charge in [-0.3, -0.25) is 4.79 Å². The SMILES string of the molecule is COCCCNC(=O)C1CCCCN1S(=O)(=O)c1ccc(C(C)(C)C)cc1. The summed E-state index contributed by atoms with van der Waals surface area (Å²) >= 11 is 0. The molecule has 1 aromatic rings. The molecular weight excluding hydrogens is 364 g/mol. The lowest BCUT2D eigenvalue weighted by atomic mass is 9.87. The largest absolute Gasteiger partial charge is 0.385 e. The van der Waals surface area contributed by atoms with E-state index in [0.717, 1.165) is 18.4 Å². The molecule has 6 nitrogen and oxygen atoms in total. The summed E-state index contributed by atoms with van der Waals surface area (Å²) in [5, 5.41) is 2.84. The maximum atomic E-state index is 13.2. The predicted molar refractivity (Wildman–Crippen MR) is 106 cm³/mol. The maximum absolute atomic E-state index is 13.2. The fourth-order valence-electron chi connectivity index (χ4n) is 3.26. The number of rotatable bonds is 7. The number of carbonyl (C=O) groups excluding carboxylic acids is 1. The van der Waals surface area contributed by atoms with Crippen LogP contribution in [-0.4, -0.2) is 51.5 Å². The lowest BCUT2D eigenvalue weighted by molar-refractivity contribution is -0.125. The second kappa shape index (κ2) is 9.17. The topological polar surface area (TPSA) is 75.7 Å². The first kappa shape index (κ1) is 21.9. The average molecular weight is 397 g/mol. The summed E-state index contributed by atoms with van der Waals surface area (Å²) in [6.45, 7) is 7.69. The molecule has 0 radical (unpaired) electrons. The third kappa shape index (κ3) is 5.53. The van der Waals surface area contributed by atoms with Gasteiger partial charge in [0.05, 0.1) is 4.90 Å². The zero-order valence-electron chi connectivity index (χ0n) is 16.8. The van der Waals surface area contributed by atoms with Crippen LogP contribution in [0.25, 0.3) is 0 Å². The standard InChI is InChI=1S/C20H32N2O4S/c1-20(2,3)16-9-11-17(12-10-16)27(24,25)22-14-6-5-8-18(22)19(23)21-13-7-15-26-4/h9-12,18H,5-8,13-15H2,1-4H3,(H,21,23). The van der Waals surface area contributed by atoms with Gasteiger partial charge in [-0.2, -0.15) is 4.31 Å². The van der Waals surface area contributed by atoms with E-state index >= 15 is 0 Å². The summed E-state index contributed by atoms with van der Waals surface area (Å²) in [6.07, 6.45) is 2.88. The van der Waals surface area contributed by atoms with Gasteiger partial charge in [-0.25, -0.2) is 8.42 Å². The Morgan fingerprint density at radius 1 is 1.22 bits per heavy atom. The van der Waals surface area contributed by atoms with Crippen LogP contribution in [0.3, 0.4) is 0 Å². The Kier molecular flexibility index (Phi) is 7.42. The fraction of sp³-hybridized carbons (Fsp3) is 0.650. The van der Waals surface area contributed by atoms with Crippen LogP contribution in [0, 0.1) is 0 Å². The molecule has 0 aliphatic carbocycles. The van der Waals surface area contributed by atoms with E-state index in [1.54, 1.807) is 19.2 Å². The first-order valence-corrected chi connectivity index (χ1v) is 11.0. The Labute approximate surface area is 163 Å². The van der Waals surface area contributed by atoms with Crippen molar-refractivity contribution >= 4 is 15.9 Å². The van der Waals surface area contributed by atoms with Gasteiger partial charge in [0.15, 0.2) is 0 Å². The molecule has 1 fully saturated rings. The molecule has 0 bridgehead atoms. The van der Waals surface area contributed by atoms with Crippen LogP contribution < -0.4 is 5.32 Å². The molecule has 1 heterocycles. The number of ether oxygens (including phenoxy) is 1. The molecule has 0 spiro atoms. The Balaban J connectivity index is 2.17. The van der Waals surface area contributed by atoms with Crippen LogP contribution >= 0.6 is 0 Å². The van der Waals surface area contributed by atoms with Crippen LogP contribution in [0.4, 0.5) is 0 Å². The van der Waals surface area contributed by atoms with Gasteiger partial charge in [-0.1, -0.05) is 39.3 Å². The number of piperidine rings is 1. The van der Waals surface area contributed by atoms with E-state index in [9.17, 15) is 13.2 Å². The first-order valence-electron chi connectivity index (χ1n) is 9.57. The Morgan fingerprint density at radius 2 is 1.89 bits per heavy atom. The van der Waals surface area contributed by atoms with Crippen molar-refractivity contribution in [3.05, 3.63) is 29.8 Å². The van der Waals surface area contributed by atoms with E-state index in [0.29, 0.717) is 32.5 Å². The average Bonchev–Trinajstić information content (AvgIpc) is 2.64. The molecule has 1 N–H and O–H groups in total. The van der Waals surface area contributed by atoms with Crippen LogP contribution in [-0.2, 0) is 25.0 Å². The molecule has 27 heavy (non-hydrogen) atoms. The third-order valence-electron chi connectivity index (χ3n) is 4.91. The van der Waals surface area contributed by atoms with Crippen LogP contribution in [0.1, 0.15) is 52.0 Å². The first-order chi connectivity index (χ1) is 12.7. The summed E-state index contributed by atoms with van der Waals surface area (Å²) < 4.78 is 32.7. The smallest absolute Gasteiger partial charge is 0.243 e. The number of sulfonamides is 1. The maximum Gasteiger partial charge on any atom is 0.243 e. The van der Waals surface area contributed by atoms with E-state index in [-0.39, 0.29) is 16.2 Å². The van der Waals surface area contributed by atoms with Gasteiger partial charge < -0.3 is 10.1 Å². The molecule has 152 valence electrons. The number of benzene rings is 1. The second-order valence-corrected chi connectivity index (χ2v) is 9.93. The summed E-state index contributed by atoms with van der Waals surface area (Å²) in [5.41, 5.74) is 1.03. The van der Waals surface area contributed by atoms with Crippen LogP contribution in [0.15, 0.2) is 29.2 Å². The number of amides is 1. The van der Waals surface area contributed by atoms with E-state index < -0.39 is 16.1 Å². The molecule has 1 aromatic carbocycles. The summed E-state index contributed by atoms with van der Waals surface area (Å²) in [5.74, 6) is -0.222. The monoisotopic (exact) mass is 396 g/mol. The number of methoxy groups -OCH3 is 1. The molecule has 1 saturated heterocycles. The summed E-state index contributed by atoms with van der Waals surface area (Å²) in [4.78, 5) is 12.8. The van der Waals surface area contributed by atoms with Gasteiger partial charge in [-0.05, 0) is 42.4 Å².